The van der Waals surface area contributed by atoms with E-state index in [1.54, 1.807) is 0 Å². The number of nitrogens with one attached hydrogen (secondary N) is 2. The van der Waals surface area contributed by atoms with E-state index in [1.807, 2.05) is 13.8 Å². The quantitative estimate of drug-likeness (QED) is 0.110. The summed E-state index contributed by atoms with van der Waals surface area (Å²) >= 11 is 0. The van der Waals surface area contributed by atoms with Gasteiger partial charge in [-0.25, -0.2) is 4.79 Å². The second-order valence-corrected chi connectivity index (χ2v) is 6.33. The van der Waals surface area contributed by atoms with Gasteiger partial charge >= 0.3 is 5.97 Å². The number of hydrogen-bond acceptors (Lipinski definition) is 6. The summed E-state index contributed by atoms with van der Waals surface area (Å²) < 4.78 is 0. The Labute approximate surface area is 152 Å². The number of aliphatic imine (C=N–C) groups is 1. The number of aliphatic hydroxyl groups is 1. The molecule has 0 fully saturated rings. The van der Waals surface area contributed by atoms with Gasteiger partial charge in [-0.15, -0.1) is 0 Å². The van der Waals surface area contributed by atoms with Crippen LogP contribution in [0.5, 0.6) is 0 Å². The SMILES string of the molecule is CC(C)C[C@H](NC(=O)[C@@H](N)CCCN=C(N)N)C(=O)N[C@@H](CO)C(=O)O. The van der Waals surface area contributed by atoms with E-state index in [2.05, 4.69) is 15.6 Å². The van der Waals surface area contributed by atoms with Gasteiger partial charge in [0.2, 0.25) is 11.8 Å². The van der Waals surface area contributed by atoms with Crippen LogP contribution in [-0.2, 0) is 14.4 Å². The molecule has 0 aromatic rings. The number of aliphatic carboxylic acids is 1. The minimum Gasteiger partial charge on any atom is -0.480 e. The van der Waals surface area contributed by atoms with Crippen LogP contribution in [-0.4, -0.2) is 65.2 Å². The van der Waals surface area contributed by atoms with Crippen molar-refractivity contribution in [3.8, 4) is 0 Å². The first-order valence-electron chi connectivity index (χ1n) is 8.33. The number of amides is 2. The third-order valence-electron chi connectivity index (χ3n) is 3.44. The van der Waals surface area contributed by atoms with Crippen molar-refractivity contribution in [3.63, 3.8) is 0 Å². The highest BCUT2D eigenvalue weighted by Gasteiger charge is 2.28. The number of nitrogens with zero attached hydrogens (tertiary/aromatic N) is 1. The summed E-state index contributed by atoms with van der Waals surface area (Å²) in [7, 11) is 0. The number of guanidine groups is 1. The molecule has 11 heteroatoms. The molecule has 0 radical (unpaired) electrons. The number of carbonyl (C=O) groups excluding carboxylic acids is 2. The second kappa shape index (κ2) is 12.0. The van der Waals surface area contributed by atoms with Gasteiger partial charge in [0.25, 0.3) is 0 Å². The van der Waals surface area contributed by atoms with E-state index in [4.69, 9.17) is 27.4 Å². The average Bonchev–Trinajstić information content (AvgIpc) is 2.54. The molecule has 150 valence electrons. The van der Waals surface area contributed by atoms with Gasteiger partial charge in [-0.05, 0) is 25.2 Å². The van der Waals surface area contributed by atoms with Crippen LogP contribution in [0.2, 0.25) is 0 Å². The molecule has 0 heterocycles. The topological polar surface area (TPSA) is 206 Å². The second-order valence-electron chi connectivity index (χ2n) is 6.33. The maximum Gasteiger partial charge on any atom is 0.328 e. The summed E-state index contributed by atoms with van der Waals surface area (Å²) in [5.41, 5.74) is 16.2. The van der Waals surface area contributed by atoms with E-state index < -0.39 is 42.5 Å². The van der Waals surface area contributed by atoms with Crippen molar-refractivity contribution < 1.29 is 24.6 Å². The summed E-state index contributed by atoms with van der Waals surface area (Å²) in [6.07, 6.45) is 1.09. The summed E-state index contributed by atoms with van der Waals surface area (Å²) in [4.78, 5) is 39.2. The molecule has 0 aliphatic carbocycles. The number of carbonyl (C=O) groups is 3. The maximum absolute atomic E-state index is 12.3. The summed E-state index contributed by atoms with van der Waals surface area (Å²) in [6, 6.07) is -3.26. The first-order valence-corrected chi connectivity index (χ1v) is 8.33. The van der Waals surface area contributed by atoms with Crippen LogP contribution < -0.4 is 27.8 Å². The van der Waals surface area contributed by atoms with Gasteiger partial charge in [-0.2, -0.15) is 0 Å². The van der Waals surface area contributed by atoms with Crippen molar-refractivity contribution >= 4 is 23.7 Å². The van der Waals surface area contributed by atoms with E-state index in [0.717, 1.165) is 0 Å². The Morgan fingerprint density at radius 3 is 2.12 bits per heavy atom. The van der Waals surface area contributed by atoms with E-state index >= 15 is 0 Å². The zero-order chi connectivity index (χ0) is 20.3. The summed E-state index contributed by atoms with van der Waals surface area (Å²) in [5, 5.41) is 22.6. The van der Waals surface area contributed by atoms with Crippen molar-refractivity contribution in [1.29, 1.82) is 0 Å². The van der Waals surface area contributed by atoms with Crippen molar-refractivity contribution in [2.75, 3.05) is 13.2 Å². The van der Waals surface area contributed by atoms with Gasteiger partial charge in [-0.1, -0.05) is 13.8 Å². The Kier molecular flexibility index (Phi) is 10.9. The van der Waals surface area contributed by atoms with Crippen molar-refractivity contribution in [2.45, 2.75) is 51.2 Å². The lowest BCUT2D eigenvalue weighted by molar-refractivity contribution is -0.143. The van der Waals surface area contributed by atoms with E-state index in [9.17, 15) is 14.4 Å². The van der Waals surface area contributed by atoms with Crippen molar-refractivity contribution in [1.82, 2.24) is 10.6 Å². The molecule has 0 aromatic heterocycles. The molecule has 0 spiro atoms. The molecule has 0 aromatic carbocycles. The number of carboxylic acid groups (broad SMARTS) is 1. The maximum atomic E-state index is 12.3. The Bertz CT molecular complexity index is 507. The molecule has 0 saturated carbocycles. The first-order chi connectivity index (χ1) is 12.1. The lowest BCUT2D eigenvalue weighted by Gasteiger charge is -2.23. The molecule has 26 heavy (non-hydrogen) atoms. The third-order valence-corrected chi connectivity index (χ3v) is 3.44. The molecule has 0 aliphatic heterocycles. The number of aliphatic hydroxyl groups excluding tert-OH is 1. The zero-order valence-corrected chi connectivity index (χ0v) is 15.1. The normalized spacial score (nSPS) is 14.2. The molecule has 11 nitrogen and oxygen atoms in total. The minimum atomic E-state index is -1.44. The predicted octanol–water partition coefficient (Wildman–Crippen LogP) is -2.54. The number of carboxylic acids is 1. The summed E-state index contributed by atoms with van der Waals surface area (Å²) in [5.74, 6) is -2.59. The molecule has 0 unspecified atom stereocenters. The molecule has 2 amide bonds. The Morgan fingerprint density at radius 1 is 1.08 bits per heavy atom. The Hall–Kier alpha value is -2.40. The van der Waals surface area contributed by atoms with Crippen LogP contribution in [0.15, 0.2) is 4.99 Å². The summed E-state index contributed by atoms with van der Waals surface area (Å²) in [6.45, 7) is 3.27. The highest BCUT2D eigenvalue weighted by molar-refractivity contribution is 5.91. The van der Waals surface area contributed by atoms with E-state index in [0.29, 0.717) is 19.4 Å². The third kappa shape index (κ3) is 9.79. The fraction of sp³-hybridized carbons (Fsp3) is 0.733. The first kappa shape index (κ1) is 23.6. The van der Waals surface area contributed by atoms with Gasteiger partial charge in [-0.3, -0.25) is 14.6 Å². The highest BCUT2D eigenvalue weighted by Crippen LogP contribution is 2.06. The molecule has 0 bridgehead atoms. The van der Waals surface area contributed by atoms with Crippen LogP contribution in [0.1, 0.15) is 33.1 Å². The highest BCUT2D eigenvalue weighted by atomic mass is 16.4. The van der Waals surface area contributed by atoms with Gasteiger partial charge in [0, 0.05) is 6.54 Å². The number of hydrogen-bond donors (Lipinski definition) is 7. The van der Waals surface area contributed by atoms with Gasteiger partial charge in [0.05, 0.1) is 12.6 Å². The fourth-order valence-electron chi connectivity index (χ4n) is 2.09. The van der Waals surface area contributed by atoms with Crippen molar-refractivity contribution in [3.05, 3.63) is 0 Å². The zero-order valence-electron chi connectivity index (χ0n) is 15.1. The van der Waals surface area contributed by atoms with E-state index in [1.165, 1.54) is 0 Å². The predicted molar refractivity (Wildman–Crippen MR) is 95.9 cm³/mol. The van der Waals surface area contributed by atoms with Crippen LogP contribution in [0, 0.1) is 5.92 Å². The largest absolute Gasteiger partial charge is 0.480 e. The van der Waals surface area contributed by atoms with Crippen molar-refractivity contribution in [2.24, 2.45) is 28.1 Å². The van der Waals surface area contributed by atoms with Gasteiger partial charge in [0.15, 0.2) is 5.96 Å². The Morgan fingerprint density at radius 2 is 1.65 bits per heavy atom. The van der Waals surface area contributed by atoms with Gasteiger partial charge < -0.3 is 38.0 Å². The van der Waals surface area contributed by atoms with Crippen LogP contribution in [0.4, 0.5) is 0 Å². The standard InChI is InChI=1S/C15H30N6O5/c1-8(2)6-10(13(24)21-11(7-22)14(25)26)20-12(23)9(16)4-3-5-19-15(17)18/h8-11,22H,3-7,16H2,1-2H3,(H,20,23)(H,21,24)(H,25,26)(H4,17,18,19)/t9-,10-,11-/m0/s1. The molecule has 3 atom stereocenters. The lowest BCUT2D eigenvalue weighted by Crippen LogP contribution is -2.55. The Balaban J connectivity index is 4.77. The van der Waals surface area contributed by atoms with Crippen LogP contribution >= 0.6 is 0 Å². The molecule has 0 saturated heterocycles. The fourth-order valence-corrected chi connectivity index (χ4v) is 2.09. The molecule has 0 aliphatic rings. The van der Waals surface area contributed by atoms with Gasteiger partial charge in [0.1, 0.15) is 12.1 Å². The van der Waals surface area contributed by atoms with E-state index in [-0.39, 0.29) is 18.3 Å². The lowest BCUT2D eigenvalue weighted by atomic mass is 10.0. The monoisotopic (exact) mass is 374 g/mol. The minimum absolute atomic E-state index is 0.0476. The van der Waals surface area contributed by atoms with Crippen LogP contribution in [0.25, 0.3) is 0 Å². The molecule has 0 rings (SSSR count). The molecular formula is C15H30N6O5. The van der Waals surface area contributed by atoms with Crippen LogP contribution in [0.3, 0.4) is 0 Å². The smallest absolute Gasteiger partial charge is 0.328 e. The number of rotatable bonds is 12. The molecular weight excluding hydrogens is 344 g/mol. The molecule has 10 N–H and O–H groups in total. The average molecular weight is 374 g/mol. The number of nitrogens with two attached hydrogens (primary N) is 3.